The standard InChI is InChI=1S/C16H14NO2S.ClH/c1-11(18)12-7-3-5-9-14(12)20-15-10-6-4-8-13(15)16(19)17(20)2;/h3-10H,1-2H3;1H/q+1;/p-1. The van der Waals surface area contributed by atoms with E-state index in [1.807, 2.05) is 48.5 Å². The van der Waals surface area contributed by atoms with Crippen molar-refractivity contribution in [1.82, 2.24) is 3.96 Å². The summed E-state index contributed by atoms with van der Waals surface area (Å²) in [6.45, 7) is 1.56. The number of benzene rings is 2. The lowest BCUT2D eigenvalue weighted by atomic mass is 10.1. The third kappa shape index (κ3) is 2.41. The first-order valence-corrected chi connectivity index (χ1v) is 7.51. The second-order valence-electron chi connectivity index (χ2n) is 4.64. The van der Waals surface area contributed by atoms with E-state index in [9.17, 15) is 9.59 Å². The number of hydrogen-bond donors (Lipinski definition) is 0. The first kappa shape index (κ1) is 15.5. The number of Topliss-reactive ketones (excluding diaryl/α,β-unsaturated/α-hetero) is 1. The van der Waals surface area contributed by atoms with Crippen molar-refractivity contribution in [3.05, 3.63) is 64.4 Å². The minimum atomic E-state index is -0.510. The van der Waals surface area contributed by atoms with Crippen LogP contribution in [0, 0.1) is 0 Å². The first-order chi connectivity index (χ1) is 9.61. The molecule has 5 heteroatoms. The van der Waals surface area contributed by atoms with Crippen LogP contribution in [0.15, 0.2) is 53.3 Å². The smallest absolute Gasteiger partial charge is 0.304 e. The first-order valence-electron chi connectivity index (χ1n) is 6.32. The fourth-order valence-corrected chi connectivity index (χ4v) is 4.69. The molecule has 3 nitrogen and oxygen atoms in total. The predicted molar refractivity (Wildman–Crippen MR) is 83.0 cm³/mol. The van der Waals surface area contributed by atoms with Gasteiger partial charge in [0.25, 0.3) is 0 Å². The van der Waals surface area contributed by atoms with Crippen LogP contribution in [0.2, 0.25) is 0 Å². The molecule has 0 radical (unpaired) electrons. The van der Waals surface area contributed by atoms with Crippen molar-refractivity contribution in [2.75, 3.05) is 0 Å². The lowest BCUT2D eigenvalue weighted by Gasteiger charge is -1.99. The lowest BCUT2D eigenvalue weighted by Crippen LogP contribution is -3.00. The van der Waals surface area contributed by atoms with Gasteiger partial charge in [0, 0.05) is 12.1 Å². The van der Waals surface area contributed by atoms with Crippen LogP contribution >= 0.6 is 10.7 Å². The van der Waals surface area contributed by atoms with Gasteiger partial charge in [-0.1, -0.05) is 24.3 Å². The van der Waals surface area contributed by atoms with Crippen molar-refractivity contribution in [3.63, 3.8) is 0 Å². The zero-order chi connectivity index (χ0) is 14.3. The molecule has 1 heterocycles. The monoisotopic (exact) mass is 319 g/mol. The van der Waals surface area contributed by atoms with E-state index in [4.69, 9.17) is 0 Å². The zero-order valence-corrected chi connectivity index (χ0v) is 13.2. The Hall–Kier alpha value is -1.91. The van der Waals surface area contributed by atoms with Crippen LogP contribution < -0.4 is 18.0 Å². The molecule has 21 heavy (non-hydrogen) atoms. The molecule has 0 saturated heterocycles. The van der Waals surface area contributed by atoms with Gasteiger partial charge in [-0.3, -0.25) is 9.59 Å². The van der Waals surface area contributed by atoms with Crippen molar-refractivity contribution in [2.45, 2.75) is 6.92 Å². The molecule has 0 aliphatic heterocycles. The normalized spacial score (nSPS) is 11.2. The van der Waals surface area contributed by atoms with Gasteiger partial charge in [-0.2, -0.15) is 0 Å². The molecule has 0 bridgehead atoms. The molecule has 3 aromatic rings. The topological polar surface area (TPSA) is 39.1 Å². The Balaban J connectivity index is 0.00000161. The molecule has 1 aromatic heterocycles. The van der Waals surface area contributed by atoms with E-state index in [2.05, 4.69) is 0 Å². The summed E-state index contributed by atoms with van der Waals surface area (Å²) in [5, 5.41) is 0.733. The Morgan fingerprint density at radius 3 is 2.38 bits per heavy atom. The minimum Gasteiger partial charge on any atom is -1.00 e. The van der Waals surface area contributed by atoms with E-state index >= 15 is 0 Å². The summed E-state index contributed by atoms with van der Waals surface area (Å²) in [6.07, 6.45) is 0. The number of hydrogen-bond acceptors (Lipinski definition) is 2. The van der Waals surface area contributed by atoms with Crippen LogP contribution in [0.25, 0.3) is 15.0 Å². The number of ketones is 1. The van der Waals surface area contributed by atoms with E-state index in [1.54, 1.807) is 17.9 Å². The van der Waals surface area contributed by atoms with Gasteiger partial charge in [-0.05, 0) is 19.1 Å². The van der Waals surface area contributed by atoms with E-state index < -0.39 is 10.7 Å². The number of aromatic nitrogens is 1. The molecule has 0 aliphatic rings. The third-order valence-corrected chi connectivity index (χ3v) is 5.62. The maximum absolute atomic E-state index is 12.3. The molecule has 0 spiro atoms. The van der Waals surface area contributed by atoms with Gasteiger partial charge >= 0.3 is 5.56 Å². The Kier molecular flexibility index (Phi) is 4.30. The highest BCUT2D eigenvalue weighted by Crippen LogP contribution is 2.38. The Morgan fingerprint density at radius 1 is 1.05 bits per heavy atom. The van der Waals surface area contributed by atoms with Gasteiger partial charge in [0.15, 0.2) is 5.78 Å². The van der Waals surface area contributed by atoms with Crippen LogP contribution in [0.1, 0.15) is 17.3 Å². The number of fused-ring (bicyclic) bond motifs is 1. The summed E-state index contributed by atoms with van der Waals surface area (Å²) in [5.41, 5.74) is 0.703. The van der Waals surface area contributed by atoms with Crippen LogP contribution in [-0.4, -0.2) is 9.74 Å². The van der Waals surface area contributed by atoms with Crippen molar-refractivity contribution >= 4 is 26.5 Å². The largest absolute Gasteiger partial charge is 1.00 e. The molecule has 0 fully saturated rings. The summed E-state index contributed by atoms with van der Waals surface area (Å²) in [7, 11) is 1.28. The van der Waals surface area contributed by atoms with Crippen molar-refractivity contribution in [2.24, 2.45) is 7.05 Å². The molecule has 0 N–H and O–H groups in total. The number of rotatable bonds is 2. The summed E-state index contributed by atoms with van der Waals surface area (Å²) >= 11 is 0. The highest BCUT2D eigenvalue weighted by atomic mass is 35.5. The zero-order valence-electron chi connectivity index (χ0n) is 11.7. The molecule has 0 saturated carbocycles. The van der Waals surface area contributed by atoms with Crippen molar-refractivity contribution < 1.29 is 17.2 Å². The van der Waals surface area contributed by atoms with Crippen LogP contribution in [-0.2, 0) is 7.05 Å². The summed E-state index contributed by atoms with van der Waals surface area (Å²) in [6, 6.07) is 15.1. The Morgan fingerprint density at radius 2 is 1.67 bits per heavy atom. The number of nitrogens with zero attached hydrogens (tertiary/aromatic N) is 1. The number of carbonyl (C=O) groups is 1. The van der Waals surface area contributed by atoms with Gasteiger partial charge < -0.3 is 12.4 Å². The summed E-state index contributed by atoms with van der Waals surface area (Å²) < 4.78 is 2.72. The average Bonchev–Trinajstić information content (AvgIpc) is 2.71. The second-order valence-corrected chi connectivity index (χ2v) is 6.63. The molecule has 1 unspecified atom stereocenters. The van der Waals surface area contributed by atoms with Crippen LogP contribution in [0.4, 0.5) is 0 Å². The van der Waals surface area contributed by atoms with Gasteiger partial charge in [0.1, 0.15) is 16.1 Å². The average molecular weight is 320 g/mol. The summed E-state index contributed by atoms with van der Waals surface area (Å²) in [4.78, 5) is 25.1. The Bertz CT molecular complexity index is 879. The van der Waals surface area contributed by atoms with E-state index in [1.165, 1.54) is 0 Å². The maximum Gasteiger partial charge on any atom is 0.304 e. The van der Waals surface area contributed by atoms with E-state index in [0.717, 1.165) is 15.0 Å². The van der Waals surface area contributed by atoms with Gasteiger partial charge in [-0.25, -0.2) is 0 Å². The fraction of sp³-hybridized carbons (Fsp3) is 0.125. The lowest BCUT2D eigenvalue weighted by molar-refractivity contribution is -0.0000120. The third-order valence-electron chi connectivity index (χ3n) is 3.36. The molecule has 0 aliphatic carbocycles. The highest BCUT2D eigenvalue weighted by Gasteiger charge is 2.27. The number of carbonyl (C=O) groups excluding carboxylic acids is 1. The van der Waals surface area contributed by atoms with Gasteiger partial charge in [-0.15, -0.1) is 3.96 Å². The molecular formula is C16H14ClNO2S. The molecule has 0 amide bonds. The van der Waals surface area contributed by atoms with Gasteiger partial charge in [0.05, 0.1) is 12.6 Å². The van der Waals surface area contributed by atoms with Crippen molar-refractivity contribution in [3.8, 4) is 4.90 Å². The molecule has 2 aromatic carbocycles. The molecule has 3 rings (SSSR count). The highest BCUT2D eigenvalue weighted by molar-refractivity contribution is 7.41. The SMILES string of the molecule is CC(=O)c1ccccc1-[s+]1c2ccccc2c(=O)n1C.[Cl-]. The molecular weight excluding hydrogens is 306 g/mol. The molecule has 108 valence electrons. The maximum atomic E-state index is 12.3. The van der Waals surface area contributed by atoms with E-state index in [-0.39, 0.29) is 23.7 Å². The minimum absolute atomic E-state index is 0. The van der Waals surface area contributed by atoms with Gasteiger partial charge in [0.2, 0.25) is 9.60 Å². The fourth-order valence-electron chi connectivity index (χ4n) is 2.40. The Labute approximate surface area is 131 Å². The second kappa shape index (κ2) is 5.84. The van der Waals surface area contributed by atoms with Crippen LogP contribution in [0.5, 0.6) is 0 Å². The predicted octanol–water partition coefficient (Wildman–Crippen LogP) is 0.483. The summed E-state index contributed by atoms with van der Waals surface area (Å²) in [5.74, 6) is 0.0262. The molecule has 1 atom stereocenters. The quantitative estimate of drug-likeness (QED) is 0.509. The van der Waals surface area contributed by atoms with Crippen molar-refractivity contribution in [1.29, 1.82) is 0 Å². The van der Waals surface area contributed by atoms with E-state index in [0.29, 0.717) is 5.56 Å². The number of halogens is 1. The van der Waals surface area contributed by atoms with Crippen LogP contribution in [0.3, 0.4) is 0 Å².